The van der Waals surface area contributed by atoms with Crippen LogP contribution in [0.1, 0.15) is 85.3 Å². The van der Waals surface area contributed by atoms with Crippen molar-refractivity contribution in [3.63, 3.8) is 0 Å². The monoisotopic (exact) mass is 697 g/mol. The van der Waals surface area contributed by atoms with Crippen LogP contribution < -0.4 is 10.1 Å². The predicted molar refractivity (Wildman–Crippen MR) is 207 cm³/mol. The van der Waals surface area contributed by atoms with Crippen LogP contribution in [0.2, 0.25) is 0 Å². The number of carbonyl (C=O) groups excluding carboxylic acids is 2. The van der Waals surface area contributed by atoms with Crippen LogP contribution in [0.15, 0.2) is 97.1 Å². The van der Waals surface area contributed by atoms with Crippen LogP contribution in [0, 0.1) is 5.92 Å². The molecule has 0 aliphatic carbocycles. The summed E-state index contributed by atoms with van der Waals surface area (Å²) in [5.74, 6) is 1.60. The highest BCUT2D eigenvalue weighted by atomic mass is 16.5. The van der Waals surface area contributed by atoms with Crippen molar-refractivity contribution in [2.75, 3.05) is 26.2 Å². The van der Waals surface area contributed by atoms with Crippen LogP contribution in [0.3, 0.4) is 0 Å². The average molecular weight is 698 g/mol. The molecule has 3 heterocycles. The molecule has 4 aromatic rings. The minimum Gasteiger partial charge on any atom is -0.508 e. The predicted octanol–water partition coefficient (Wildman–Crippen LogP) is 8.00. The molecule has 2 saturated heterocycles. The Kier molecular flexibility index (Phi) is 11.5. The van der Waals surface area contributed by atoms with Crippen LogP contribution >= 0.6 is 0 Å². The fraction of sp³-hybridized carbons (Fsp3) is 0.378. The summed E-state index contributed by atoms with van der Waals surface area (Å²) in [7, 11) is 0. The Balaban J connectivity index is 0.864. The number of fused-ring (bicyclic) bond motifs is 1. The van der Waals surface area contributed by atoms with E-state index < -0.39 is 0 Å². The van der Waals surface area contributed by atoms with E-state index in [1.165, 1.54) is 59.1 Å². The molecule has 0 aromatic heterocycles. The summed E-state index contributed by atoms with van der Waals surface area (Å²) < 4.78 is 6.24. The standard InChI is InChI=1S/C45H51N3O4/c1-2-40(33-10-4-3-5-11-33)44(35-15-19-38(49)20-16-35)36-17-21-39(22-18-36)52-28-27-47-26-25-32(29-47)9-6-7-12-34-13-8-14-37-30-48(31-41(34)37)42-23-24-43(50)46-45(42)51/h3-5,8,10-11,13-22,32,42,49H,2,6-7,9,12,23-31H2,1H3,(H,46,50,51)/b44-40-. The van der Waals surface area contributed by atoms with Crippen LogP contribution in [-0.2, 0) is 29.1 Å². The lowest BCUT2D eigenvalue weighted by atomic mass is 9.88. The second-order valence-corrected chi connectivity index (χ2v) is 14.6. The summed E-state index contributed by atoms with van der Waals surface area (Å²) >= 11 is 0. The number of piperidine rings is 1. The number of aromatic hydroxyl groups is 1. The van der Waals surface area contributed by atoms with E-state index in [1.54, 1.807) is 12.1 Å². The van der Waals surface area contributed by atoms with Gasteiger partial charge in [0.15, 0.2) is 0 Å². The number of hydrogen-bond acceptors (Lipinski definition) is 6. The molecule has 0 bridgehead atoms. The number of likely N-dealkylation sites (tertiary alicyclic amines) is 1. The average Bonchev–Trinajstić information content (AvgIpc) is 3.81. The molecule has 2 atom stereocenters. The maximum atomic E-state index is 12.5. The fourth-order valence-corrected chi connectivity index (χ4v) is 8.42. The summed E-state index contributed by atoms with van der Waals surface area (Å²) in [6, 6.07) is 32.9. The van der Waals surface area contributed by atoms with Gasteiger partial charge in [-0.05, 0) is 120 Å². The normalized spacial score (nSPS) is 19.7. The van der Waals surface area contributed by atoms with Crippen molar-refractivity contribution in [2.45, 2.75) is 77.4 Å². The molecule has 52 heavy (non-hydrogen) atoms. The Bertz CT molecular complexity index is 1870. The van der Waals surface area contributed by atoms with Gasteiger partial charge in [0.25, 0.3) is 0 Å². The van der Waals surface area contributed by atoms with E-state index in [0.29, 0.717) is 19.4 Å². The van der Waals surface area contributed by atoms with Crippen molar-refractivity contribution in [2.24, 2.45) is 5.92 Å². The number of nitrogens with zero attached hydrogens (tertiary/aromatic N) is 2. The summed E-state index contributed by atoms with van der Waals surface area (Å²) in [5.41, 5.74) is 10.00. The van der Waals surface area contributed by atoms with Crippen molar-refractivity contribution in [1.29, 1.82) is 0 Å². The minimum absolute atomic E-state index is 0.143. The van der Waals surface area contributed by atoms with Gasteiger partial charge in [0.2, 0.25) is 11.8 Å². The molecule has 2 unspecified atom stereocenters. The van der Waals surface area contributed by atoms with Gasteiger partial charge < -0.3 is 9.84 Å². The summed E-state index contributed by atoms with van der Waals surface area (Å²) in [4.78, 5) is 28.9. The topological polar surface area (TPSA) is 82.1 Å². The molecule has 3 aliphatic heterocycles. The number of amides is 2. The second-order valence-electron chi connectivity index (χ2n) is 14.6. The Hall–Kier alpha value is -4.72. The summed E-state index contributed by atoms with van der Waals surface area (Å²) in [6.45, 7) is 7.67. The van der Waals surface area contributed by atoms with Gasteiger partial charge in [0, 0.05) is 32.6 Å². The van der Waals surface area contributed by atoms with E-state index in [0.717, 1.165) is 68.4 Å². The Morgan fingerprint density at radius 1 is 0.846 bits per heavy atom. The number of unbranched alkanes of at least 4 members (excludes halogenated alkanes) is 1. The molecule has 7 nitrogen and oxygen atoms in total. The zero-order valence-corrected chi connectivity index (χ0v) is 30.4. The lowest BCUT2D eigenvalue weighted by Gasteiger charge is -2.29. The molecular formula is C45H51N3O4. The first-order chi connectivity index (χ1) is 25.4. The lowest BCUT2D eigenvalue weighted by molar-refractivity contribution is -0.137. The van der Waals surface area contributed by atoms with Crippen molar-refractivity contribution >= 4 is 23.0 Å². The Morgan fingerprint density at radius 2 is 1.62 bits per heavy atom. The number of benzene rings is 4. The number of imide groups is 1. The van der Waals surface area contributed by atoms with Crippen molar-refractivity contribution in [3.8, 4) is 11.5 Å². The SMILES string of the molecule is CC/C(=C(\c1ccc(O)cc1)c1ccc(OCCN2CCC(CCCCc3cccc4c3CN(C3CCC(=O)NC3=O)C4)C2)cc1)c1ccccc1. The first kappa shape index (κ1) is 35.7. The van der Waals surface area contributed by atoms with Crippen LogP contribution in [0.25, 0.3) is 11.1 Å². The highest BCUT2D eigenvalue weighted by molar-refractivity contribution is 6.00. The van der Waals surface area contributed by atoms with Crippen LogP contribution in [0.5, 0.6) is 11.5 Å². The highest BCUT2D eigenvalue weighted by Crippen LogP contribution is 2.36. The molecule has 0 spiro atoms. The molecule has 7 rings (SSSR count). The van der Waals surface area contributed by atoms with Gasteiger partial charge in [-0.1, -0.05) is 86.1 Å². The largest absolute Gasteiger partial charge is 0.508 e. The van der Waals surface area contributed by atoms with E-state index in [-0.39, 0.29) is 23.6 Å². The zero-order valence-electron chi connectivity index (χ0n) is 30.4. The molecule has 0 radical (unpaired) electrons. The van der Waals surface area contributed by atoms with E-state index >= 15 is 0 Å². The van der Waals surface area contributed by atoms with Crippen LogP contribution in [-0.4, -0.2) is 59.0 Å². The third-order valence-corrected chi connectivity index (χ3v) is 11.2. The number of aryl methyl sites for hydroxylation is 1. The molecule has 2 fully saturated rings. The van der Waals surface area contributed by atoms with Gasteiger partial charge in [-0.15, -0.1) is 0 Å². The molecule has 3 aliphatic rings. The van der Waals surface area contributed by atoms with Crippen LogP contribution in [0.4, 0.5) is 0 Å². The number of ether oxygens (including phenoxy) is 1. The number of allylic oxidation sites excluding steroid dienone is 1. The lowest BCUT2D eigenvalue weighted by Crippen LogP contribution is -2.50. The molecule has 2 amide bonds. The maximum absolute atomic E-state index is 12.5. The molecule has 2 N–H and O–H groups in total. The minimum atomic E-state index is -0.207. The van der Waals surface area contributed by atoms with Gasteiger partial charge >= 0.3 is 0 Å². The highest BCUT2D eigenvalue weighted by Gasteiger charge is 2.35. The Morgan fingerprint density at radius 3 is 2.37 bits per heavy atom. The zero-order chi connectivity index (χ0) is 35.9. The number of nitrogens with one attached hydrogen (secondary N) is 1. The quantitative estimate of drug-likeness (QED) is 0.0790. The first-order valence-electron chi connectivity index (χ1n) is 19.2. The van der Waals surface area contributed by atoms with Gasteiger partial charge in [0.05, 0.1) is 6.04 Å². The molecular weight excluding hydrogens is 647 g/mol. The molecule has 0 saturated carbocycles. The number of hydrogen-bond donors (Lipinski definition) is 2. The van der Waals surface area contributed by atoms with Gasteiger partial charge in [-0.3, -0.25) is 24.7 Å². The summed E-state index contributed by atoms with van der Waals surface area (Å²) in [5, 5.41) is 12.5. The van der Waals surface area contributed by atoms with Crippen molar-refractivity contribution < 1.29 is 19.4 Å². The third kappa shape index (κ3) is 8.49. The van der Waals surface area contributed by atoms with Crippen molar-refractivity contribution in [3.05, 3.63) is 130 Å². The Labute approximate surface area is 308 Å². The fourth-order valence-electron chi connectivity index (χ4n) is 8.42. The number of phenols is 1. The summed E-state index contributed by atoms with van der Waals surface area (Å²) in [6.07, 6.45) is 7.92. The molecule has 4 aromatic carbocycles. The van der Waals surface area contributed by atoms with E-state index in [9.17, 15) is 14.7 Å². The van der Waals surface area contributed by atoms with E-state index in [4.69, 9.17) is 4.74 Å². The van der Waals surface area contributed by atoms with Gasteiger partial charge in [-0.25, -0.2) is 0 Å². The van der Waals surface area contributed by atoms with Gasteiger partial charge in [-0.2, -0.15) is 0 Å². The number of rotatable bonds is 14. The first-order valence-corrected chi connectivity index (χ1v) is 19.2. The molecule has 270 valence electrons. The molecule has 7 heteroatoms. The van der Waals surface area contributed by atoms with E-state index in [1.807, 2.05) is 18.2 Å². The number of phenolic OH excluding ortho intramolecular Hbond substituents is 1. The number of carbonyl (C=O) groups is 2. The smallest absolute Gasteiger partial charge is 0.243 e. The van der Waals surface area contributed by atoms with Gasteiger partial charge in [0.1, 0.15) is 18.1 Å². The maximum Gasteiger partial charge on any atom is 0.243 e. The third-order valence-electron chi connectivity index (χ3n) is 11.2. The van der Waals surface area contributed by atoms with E-state index in [2.05, 4.69) is 88.8 Å². The van der Waals surface area contributed by atoms with Crippen molar-refractivity contribution in [1.82, 2.24) is 15.1 Å². The second kappa shape index (κ2) is 16.7.